The molecular weight excluding hydrogens is 264 g/mol. The van der Waals surface area contributed by atoms with Gasteiger partial charge >= 0.3 is 0 Å². The Morgan fingerprint density at radius 2 is 2.00 bits per heavy atom. The van der Waals surface area contributed by atoms with Gasteiger partial charge in [-0.3, -0.25) is 16.0 Å². The monoisotopic (exact) mass is 288 g/mol. The van der Waals surface area contributed by atoms with Crippen molar-refractivity contribution in [2.75, 3.05) is 7.11 Å². The number of hydrazine groups is 1. The van der Waals surface area contributed by atoms with Crippen molar-refractivity contribution in [1.82, 2.24) is 15.2 Å². The maximum absolute atomic E-state index is 5.75. The number of nitrogens with two attached hydrogens (primary N) is 1. The van der Waals surface area contributed by atoms with Gasteiger partial charge < -0.3 is 4.74 Å². The Bertz CT molecular complexity index is 606. The van der Waals surface area contributed by atoms with E-state index in [1.165, 1.54) is 11.3 Å². The van der Waals surface area contributed by atoms with Crippen LogP contribution in [0.2, 0.25) is 0 Å². The molecule has 1 aromatic heterocycles. The van der Waals surface area contributed by atoms with E-state index < -0.39 is 0 Å². The number of hydrogen-bond acceptors (Lipinski definition) is 4. The zero-order chi connectivity index (χ0) is 15.4. The third kappa shape index (κ3) is 3.43. The van der Waals surface area contributed by atoms with E-state index in [0.717, 1.165) is 29.8 Å². The van der Waals surface area contributed by atoms with Crippen LogP contribution in [0.5, 0.6) is 5.75 Å². The van der Waals surface area contributed by atoms with Crippen LogP contribution in [-0.2, 0) is 19.9 Å². The standard InChI is InChI=1S/C16H24N4O/c1-11-15(12(2)20(3)19-11)10-14(18-17)9-13-7-5-6-8-16(13)21-4/h5-8,14,18H,9-10,17H2,1-4H3. The lowest BCUT2D eigenvalue weighted by Crippen LogP contribution is -2.38. The molecule has 21 heavy (non-hydrogen) atoms. The number of hydrogen-bond donors (Lipinski definition) is 2. The topological polar surface area (TPSA) is 65.1 Å². The van der Waals surface area contributed by atoms with E-state index >= 15 is 0 Å². The summed E-state index contributed by atoms with van der Waals surface area (Å²) in [6.45, 7) is 4.13. The largest absolute Gasteiger partial charge is 0.496 e. The first-order valence-electron chi connectivity index (χ1n) is 7.14. The number of aromatic nitrogens is 2. The van der Waals surface area contributed by atoms with Crippen LogP contribution in [0.25, 0.3) is 0 Å². The van der Waals surface area contributed by atoms with E-state index in [4.69, 9.17) is 10.6 Å². The molecule has 0 aliphatic carbocycles. The molecule has 0 bridgehead atoms. The number of nitrogens with one attached hydrogen (secondary N) is 1. The van der Waals surface area contributed by atoms with E-state index in [1.807, 2.05) is 36.9 Å². The van der Waals surface area contributed by atoms with Crippen LogP contribution in [0.4, 0.5) is 0 Å². The van der Waals surface area contributed by atoms with Crippen LogP contribution in [0.1, 0.15) is 22.5 Å². The minimum absolute atomic E-state index is 0.142. The molecule has 0 fully saturated rings. The molecule has 5 nitrogen and oxygen atoms in total. The predicted octanol–water partition coefficient (Wildman–Crippen LogP) is 1.66. The highest BCUT2D eigenvalue weighted by Crippen LogP contribution is 2.21. The van der Waals surface area contributed by atoms with Gasteiger partial charge in [0.05, 0.1) is 12.8 Å². The van der Waals surface area contributed by atoms with Gasteiger partial charge in [-0.15, -0.1) is 0 Å². The number of benzene rings is 1. The Balaban J connectivity index is 2.17. The maximum Gasteiger partial charge on any atom is 0.122 e. The molecule has 114 valence electrons. The van der Waals surface area contributed by atoms with Crippen LogP contribution in [-0.4, -0.2) is 22.9 Å². The summed E-state index contributed by atoms with van der Waals surface area (Å²) in [5.41, 5.74) is 7.59. The van der Waals surface area contributed by atoms with E-state index in [0.29, 0.717) is 0 Å². The number of aryl methyl sites for hydroxylation is 2. The van der Waals surface area contributed by atoms with Crippen molar-refractivity contribution in [2.45, 2.75) is 32.7 Å². The van der Waals surface area contributed by atoms with Crippen LogP contribution in [0.3, 0.4) is 0 Å². The van der Waals surface area contributed by atoms with Gasteiger partial charge in [-0.25, -0.2) is 0 Å². The number of nitrogens with zero attached hydrogens (tertiary/aromatic N) is 2. The molecule has 0 spiro atoms. The minimum atomic E-state index is 0.142. The molecule has 3 N–H and O–H groups in total. The van der Waals surface area contributed by atoms with Crippen molar-refractivity contribution in [1.29, 1.82) is 0 Å². The van der Waals surface area contributed by atoms with Crippen molar-refractivity contribution in [3.05, 3.63) is 46.8 Å². The zero-order valence-electron chi connectivity index (χ0n) is 13.2. The Labute approximate surface area is 126 Å². The Morgan fingerprint density at radius 3 is 2.57 bits per heavy atom. The van der Waals surface area contributed by atoms with Crippen molar-refractivity contribution < 1.29 is 4.74 Å². The summed E-state index contributed by atoms with van der Waals surface area (Å²) in [6, 6.07) is 8.19. The molecule has 0 aliphatic heterocycles. The Morgan fingerprint density at radius 1 is 1.29 bits per heavy atom. The smallest absolute Gasteiger partial charge is 0.122 e. The second kappa shape index (κ2) is 6.74. The molecule has 1 heterocycles. The predicted molar refractivity (Wildman–Crippen MR) is 84.2 cm³/mol. The van der Waals surface area contributed by atoms with Gasteiger partial charge in [0.1, 0.15) is 5.75 Å². The number of methoxy groups -OCH3 is 1. The maximum atomic E-state index is 5.75. The number of para-hydroxylation sites is 1. The van der Waals surface area contributed by atoms with Gasteiger partial charge in [0, 0.05) is 18.8 Å². The summed E-state index contributed by atoms with van der Waals surface area (Å²) < 4.78 is 7.33. The molecule has 0 saturated carbocycles. The Kier molecular flexibility index (Phi) is 4.98. The highest BCUT2D eigenvalue weighted by molar-refractivity contribution is 5.34. The van der Waals surface area contributed by atoms with E-state index in [1.54, 1.807) is 7.11 Å². The fraction of sp³-hybridized carbons (Fsp3) is 0.438. The molecule has 0 aliphatic rings. The summed E-state index contributed by atoms with van der Waals surface area (Å²) in [5.74, 6) is 6.65. The second-order valence-corrected chi connectivity index (χ2v) is 5.36. The molecule has 1 unspecified atom stereocenters. The van der Waals surface area contributed by atoms with Gasteiger partial charge in [-0.2, -0.15) is 5.10 Å². The van der Waals surface area contributed by atoms with Crippen molar-refractivity contribution in [3.63, 3.8) is 0 Å². The van der Waals surface area contributed by atoms with E-state index in [2.05, 4.69) is 23.5 Å². The van der Waals surface area contributed by atoms with Gasteiger partial charge in [0.15, 0.2) is 0 Å². The zero-order valence-corrected chi connectivity index (χ0v) is 13.2. The first-order valence-corrected chi connectivity index (χ1v) is 7.14. The van der Waals surface area contributed by atoms with Crippen LogP contribution in [0.15, 0.2) is 24.3 Å². The third-order valence-electron chi connectivity index (χ3n) is 4.00. The molecule has 0 saturated heterocycles. The van der Waals surface area contributed by atoms with E-state index in [9.17, 15) is 0 Å². The minimum Gasteiger partial charge on any atom is -0.496 e. The molecule has 1 aromatic carbocycles. The summed E-state index contributed by atoms with van der Waals surface area (Å²) in [5, 5.41) is 4.46. The Hall–Kier alpha value is -1.85. The van der Waals surface area contributed by atoms with E-state index in [-0.39, 0.29) is 6.04 Å². The van der Waals surface area contributed by atoms with Crippen molar-refractivity contribution in [2.24, 2.45) is 12.9 Å². The molecule has 0 amide bonds. The van der Waals surface area contributed by atoms with Crippen molar-refractivity contribution >= 4 is 0 Å². The summed E-state index contributed by atoms with van der Waals surface area (Å²) >= 11 is 0. The molecule has 1 atom stereocenters. The van der Waals surface area contributed by atoms with Crippen LogP contribution < -0.4 is 16.0 Å². The molecular formula is C16H24N4O. The summed E-state index contributed by atoms with van der Waals surface area (Å²) in [4.78, 5) is 0. The van der Waals surface area contributed by atoms with Crippen molar-refractivity contribution in [3.8, 4) is 5.75 Å². The average Bonchev–Trinajstić information content (AvgIpc) is 2.73. The fourth-order valence-electron chi connectivity index (χ4n) is 2.69. The molecule has 5 heteroatoms. The van der Waals surface area contributed by atoms with Gasteiger partial charge in [0.25, 0.3) is 0 Å². The van der Waals surface area contributed by atoms with Crippen LogP contribution in [0, 0.1) is 13.8 Å². The highest BCUT2D eigenvalue weighted by atomic mass is 16.5. The first-order chi connectivity index (χ1) is 10.1. The highest BCUT2D eigenvalue weighted by Gasteiger charge is 2.17. The van der Waals surface area contributed by atoms with Crippen LogP contribution >= 0.6 is 0 Å². The number of ether oxygens (including phenoxy) is 1. The summed E-state index contributed by atoms with van der Waals surface area (Å²) in [6.07, 6.45) is 1.66. The van der Waals surface area contributed by atoms with Gasteiger partial charge in [-0.1, -0.05) is 18.2 Å². The lowest BCUT2D eigenvalue weighted by atomic mass is 9.98. The lowest BCUT2D eigenvalue weighted by molar-refractivity contribution is 0.404. The average molecular weight is 288 g/mol. The molecule has 0 radical (unpaired) electrons. The second-order valence-electron chi connectivity index (χ2n) is 5.36. The quantitative estimate of drug-likeness (QED) is 0.627. The normalized spacial score (nSPS) is 12.4. The third-order valence-corrected chi connectivity index (χ3v) is 4.00. The fourth-order valence-corrected chi connectivity index (χ4v) is 2.69. The SMILES string of the molecule is COc1ccccc1CC(Cc1c(C)nn(C)c1C)NN. The summed E-state index contributed by atoms with van der Waals surface area (Å²) in [7, 11) is 3.66. The van der Waals surface area contributed by atoms with Gasteiger partial charge in [-0.05, 0) is 43.9 Å². The molecule has 2 rings (SSSR count). The van der Waals surface area contributed by atoms with Gasteiger partial charge in [0.2, 0.25) is 0 Å². The first kappa shape index (κ1) is 15.5. The lowest BCUT2D eigenvalue weighted by Gasteiger charge is -2.18. The molecule has 2 aromatic rings. The number of rotatable bonds is 6.